The van der Waals surface area contributed by atoms with Crippen molar-refractivity contribution >= 4 is 27.3 Å². The van der Waals surface area contributed by atoms with Gasteiger partial charge in [-0.25, -0.2) is 13.6 Å². The summed E-state index contributed by atoms with van der Waals surface area (Å²) in [6.07, 6.45) is 4.71. The van der Waals surface area contributed by atoms with Gasteiger partial charge >= 0.3 is 0 Å². The highest BCUT2D eigenvalue weighted by molar-refractivity contribution is 7.91. The highest BCUT2D eigenvalue weighted by Gasteiger charge is 2.22. The third-order valence-corrected chi connectivity index (χ3v) is 6.36. The maximum atomic E-state index is 11.8. The van der Waals surface area contributed by atoms with Crippen LogP contribution < -0.4 is 10.5 Å². The van der Waals surface area contributed by atoms with Gasteiger partial charge in [0, 0.05) is 4.88 Å². The van der Waals surface area contributed by atoms with Crippen molar-refractivity contribution in [2.45, 2.75) is 49.5 Å². The van der Waals surface area contributed by atoms with Crippen molar-refractivity contribution in [2.24, 2.45) is 11.1 Å². The second-order valence-electron chi connectivity index (χ2n) is 5.65. The summed E-state index contributed by atoms with van der Waals surface area (Å²) < 4.78 is 28.1. The van der Waals surface area contributed by atoms with Crippen molar-refractivity contribution in [3.8, 4) is 0 Å². The number of carbonyl (C=O) groups excluding carboxylic acids is 1. The van der Waals surface area contributed by atoms with Gasteiger partial charge in [0.25, 0.3) is 0 Å². The van der Waals surface area contributed by atoms with Gasteiger partial charge in [0.15, 0.2) is 0 Å². The topological polar surface area (TPSA) is 98.5 Å². The molecule has 1 amide bonds. The Kier molecular flexibility index (Phi) is 5.96. The van der Waals surface area contributed by atoms with E-state index in [2.05, 4.69) is 12.2 Å². The van der Waals surface area contributed by atoms with E-state index in [0.29, 0.717) is 5.92 Å². The first-order valence-electron chi connectivity index (χ1n) is 7.36. The van der Waals surface area contributed by atoms with Crippen LogP contribution in [0.4, 0.5) is 0 Å². The van der Waals surface area contributed by atoms with Gasteiger partial charge in [-0.2, -0.15) is 0 Å². The monoisotopic (exact) mass is 346 g/mol. The van der Waals surface area contributed by atoms with E-state index in [9.17, 15) is 13.2 Å². The van der Waals surface area contributed by atoms with E-state index in [-0.39, 0.29) is 29.4 Å². The lowest BCUT2D eigenvalue weighted by molar-refractivity contribution is -0.129. The number of rotatable bonds is 6. The standard InChI is InChI=1S/C14H22N2O4S2/c1-10-4-2-3-5-12(10)20-9-13(17)16-8-11-6-7-14(21-11)22(15,18)19/h6-7,10,12H,2-5,8-9H2,1H3,(H,16,17)(H2,15,18,19)/t10-,12-/m1/s1. The number of hydrogen-bond donors (Lipinski definition) is 2. The number of ether oxygens (including phenoxy) is 1. The molecule has 1 fully saturated rings. The first-order chi connectivity index (χ1) is 10.4. The van der Waals surface area contributed by atoms with E-state index >= 15 is 0 Å². The molecule has 0 unspecified atom stereocenters. The van der Waals surface area contributed by atoms with Gasteiger partial charge in [-0.15, -0.1) is 11.3 Å². The van der Waals surface area contributed by atoms with E-state index in [1.165, 1.54) is 12.5 Å². The third-order valence-electron chi connectivity index (χ3n) is 3.84. The smallest absolute Gasteiger partial charge is 0.247 e. The Labute approximate surface area is 135 Å². The molecule has 1 saturated carbocycles. The minimum absolute atomic E-state index is 0.0441. The molecule has 0 aliphatic heterocycles. The summed E-state index contributed by atoms with van der Waals surface area (Å²) in [6.45, 7) is 2.48. The summed E-state index contributed by atoms with van der Waals surface area (Å²) in [5.41, 5.74) is 0. The molecule has 6 nitrogen and oxygen atoms in total. The number of carbonyl (C=O) groups is 1. The van der Waals surface area contributed by atoms with Crippen LogP contribution >= 0.6 is 11.3 Å². The van der Waals surface area contributed by atoms with Crippen LogP contribution in [0.2, 0.25) is 0 Å². The zero-order valence-electron chi connectivity index (χ0n) is 12.6. The normalized spacial score (nSPS) is 22.5. The first kappa shape index (κ1) is 17.4. The van der Waals surface area contributed by atoms with Gasteiger partial charge in [0.1, 0.15) is 10.8 Å². The molecule has 1 aromatic rings. The van der Waals surface area contributed by atoms with Gasteiger partial charge in [0.05, 0.1) is 12.6 Å². The second kappa shape index (κ2) is 7.54. The number of hydrogen-bond acceptors (Lipinski definition) is 5. The van der Waals surface area contributed by atoms with Crippen LogP contribution in [0.25, 0.3) is 0 Å². The summed E-state index contributed by atoms with van der Waals surface area (Å²) in [6, 6.07) is 3.09. The molecule has 22 heavy (non-hydrogen) atoms. The first-order valence-corrected chi connectivity index (χ1v) is 9.72. The molecule has 2 atom stereocenters. The largest absolute Gasteiger partial charge is 0.368 e. The maximum Gasteiger partial charge on any atom is 0.247 e. The zero-order chi connectivity index (χ0) is 16.2. The molecule has 0 bridgehead atoms. The van der Waals surface area contributed by atoms with Gasteiger partial charge in [-0.3, -0.25) is 4.79 Å². The van der Waals surface area contributed by atoms with Crippen LogP contribution in [-0.2, 0) is 26.1 Å². The van der Waals surface area contributed by atoms with Crippen LogP contribution in [0.15, 0.2) is 16.3 Å². The van der Waals surface area contributed by atoms with Gasteiger partial charge in [-0.05, 0) is 30.9 Å². The fourth-order valence-corrected chi connectivity index (χ4v) is 4.27. The summed E-state index contributed by atoms with van der Waals surface area (Å²) >= 11 is 1.06. The van der Waals surface area contributed by atoms with Crippen molar-refractivity contribution in [2.75, 3.05) is 6.61 Å². The third kappa shape index (κ3) is 5.05. The molecule has 0 saturated heterocycles. The lowest BCUT2D eigenvalue weighted by Crippen LogP contribution is -2.32. The molecule has 3 N–H and O–H groups in total. The summed E-state index contributed by atoms with van der Waals surface area (Å²) in [5, 5.41) is 7.77. The molecule has 124 valence electrons. The summed E-state index contributed by atoms with van der Waals surface area (Å²) in [5.74, 6) is 0.305. The number of sulfonamides is 1. The Morgan fingerprint density at radius 2 is 2.14 bits per heavy atom. The maximum absolute atomic E-state index is 11.8. The molecule has 0 aromatic carbocycles. The number of nitrogens with two attached hydrogens (primary N) is 1. The average Bonchev–Trinajstić information content (AvgIpc) is 2.93. The van der Waals surface area contributed by atoms with E-state index < -0.39 is 10.0 Å². The van der Waals surface area contributed by atoms with Crippen molar-refractivity contribution in [1.29, 1.82) is 0 Å². The lowest BCUT2D eigenvalue weighted by Gasteiger charge is -2.28. The van der Waals surface area contributed by atoms with Crippen LogP contribution in [0.5, 0.6) is 0 Å². The Hall–Kier alpha value is -0.960. The predicted molar refractivity (Wildman–Crippen MR) is 84.9 cm³/mol. The van der Waals surface area contributed by atoms with Gasteiger partial charge in [0.2, 0.25) is 15.9 Å². The molecule has 0 radical (unpaired) electrons. The predicted octanol–water partition coefficient (Wildman–Crippen LogP) is 1.61. The van der Waals surface area contributed by atoms with E-state index in [1.807, 2.05) is 0 Å². The molecule has 1 heterocycles. The average molecular weight is 346 g/mol. The zero-order valence-corrected chi connectivity index (χ0v) is 14.2. The van der Waals surface area contributed by atoms with Crippen molar-refractivity contribution in [1.82, 2.24) is 5.32 Å². The highest BCUT2D eigenvalue weighted by atomic mass is 32.2. The number of nitrogens with one attached hydrogen (secondary N) is 1. The fraction of sp³-hybridized carbons (Fsp3) is 0.643. The van der Waals surface area contributed by atoms with Crippen LogP contribution in [0, 0.1) is 5.92 Å². The van der Waals surface area contributed by atoms with E-state index in [0.717, 1.165) is 35.5 Å². The molecule has 2 rings (SSSR count). The van der Waals surface area contributed by atoms with Crippen molar-refractivity contribution < 1.29 is 17.9 Å². The lowest BCUT2D eigenvalue weighted by atomic mass is 9.88. The summed E-state index contributed by atoms with van der Waals surface area (Å²) in [4.78, 5) is 12.5. The van der Waals surface area contributed by atoms with E-state index in [1.54, 1.807) is 6.07 Å². The minimum atomic E-state index is -3.67. The second-order valence-corrected chi connectivity index (χ2v) is 8.61. The van der Waals surface area contributed by atoms with Crippen molar-refractivity contribution in [3.63, 3.8) is 0 Å². The van der Waals surface area contributed by atoms with Crippen molar-refractivity contribution in [3.05, 3.63) is 17.0 Å². The van der Waals surface area contributed by atoms with Crippen LogP contribution in [0.1, 0.15) is 37.5 Å². The SMILES string of the molecule is C[C@@H]1CCCC[C@H]1OCC(=O)NCc1ccc(S(N)(=O)=O)s1. The van der Waals surface area contributed by atoms with Gasteiger partial charge in [-0.1, -0.05) is 19.8 Å². The van der Waals surface area contributed by atoms with Crippen LogP contribution in [-0.4, -0.2) is 27.0 Å². The fourth-order valence-electron chi connectivity index (χ4n) is 2.56. The van der Waals surface area contributed by atoms with Crippen LogP contribution in [0.3, 0.4) is 0 Å². The molecular formula is C14H22N2O4S2. The molecule has 0 spiro atoms. The Balaban J connectivity index is 1.74. The highest BCUT2D eigenvalue weighted by Crippen LogP contribution is 2.26. The Bertz CT molecular complexity index is 612. The molecular weight excluding hydrogens is 324 g/mol. The number of primary sulfonamides is 1. The molecule has 1 aromatic heterocycles. The molecule has 8 heteroatoms. The quantitative estimate of drug-likeness (QED) is 0.817. The minimum Gasteiger partial charge on any atom is -0.368 e. The Morgan fingerprint density at radius 3 is 2.77 bits per heavy atom. The number of thiophene rings is 1. The Morgan fingerprint density at radius 1 is 1.41 bits per heavy atom. The van der Waals surface area contributed by atoms with Gasteiger partial charge < -0.3 is 10.1 Å². The van der Waals surface area contributed by atoms with E-state index in [4.69, 9.17) is 9.88 Å². The molecule has 1 aliphatic rings. The number of amides is 1. The molecule has 1 aliphatic carbocycles. The summed E-state index contributed by atoms with van der Waals surface area (Å²) in [7, 11) is -3.67.